The highest BCUT2D eigenvalue weighted by atomic mass is 16.6. The van der Waals surface area contributed by atoms with E-state index in [0.717, 1.165) is 0 Å². The zero-order valence-electron chi connectivity index (χ0n) is 15.6. The Balaban J connectivity index is 2.59. The molecule has 1 heterocycles. The molecule has 2 rings (SSSR count). The van der Waals surface area contributed by atoms with Gasteiger partial charge in [0, 0.05) is 24.0 Å². The largest absolute Gasteiger partial charge is 0.463 e. The number of hydrogen-bond acceptors (Lipinski definition) is 7. The highest BCUT2D eigenvalue weighted by Gasteiger charge is 2.36. The molecular formula is C19H22N2O6. The molecule has 0 fully saturated rings. The number of rotatable bonds is 6. The number of dihydropyridines is 1. The lowest BCUT2D eigenvalue weighted by Crippen LogP contribution is -2.30. The summed E-state index contributed by atoms with van der Waals surface area (Å²) >= 11 is 0. The molecule has 1 atom stereocenters. The van der Waals surface area contributed by atoms with Crippen LogP contribution in [0.25, 0.3) is 0 Å². The van der Waals surface area contributed by atoms with E-state index in [-0.39, 0.29) is 29.5 Å². The third-order valence-electron chi connectivity index (χ3n) is 3.94. The first kappa shape index (κ1) is 20.2. The monoisotopic (exact) mass is 374 g/mol. The van der Waals surface area contributed by atoms with Crippen LogP contribution in [0, 0.1) is 10.1 Å². The number of esters is 2. The molecule has 1 aromatic carbocycles. The van der Waals surface area contributed by atoms with Gasteiger partial charge in [-0.2, -0.15) is 0 Å². The van der Waals surface area contributed by atoms with E-state index in [1.165, 1.54) is 24.4 Å². The lowest BCUT2D eigenvalue weighted by Gasteiger charge is -2.28. The molecule has 0 saturated carbocycles. The van der Waals surface area contributed by atoms with Crippen molar-refractivity contribution in [3.05, 3.63) is 63.0 Å². The quantitative estimate of drug-likeness (QED) is 0.463. The smallest absolute Gasteiger partial charge is 0.336 e. The molecule has 0 saturated heterocycles. The Kier molecular flexibility index (Phi) is 6.33. The standard InChI is InChI=1S/C19H22N2O6/c1-5-26-19(23)16-12(4)20-10-15(18(22)27-11(2)3)17(16)13-7-6-8-14(9-13)21(24)25/h6-11,17,20H,5H2,1-4H3. The van der Waals surface area contributed by atoms with E-state index in [2.05, 4.69) is 5.32 Å². The van der Waals surface area contributed by atoms with Gasteiger partial charge in [-0.15, -0.1) is 0 Å². The number of non-ortho nitro benzene ring substituents is 1. The summed E-state index contributed by atoms with van der Waals surface area (Å²) in [7, 11) is 0. The highest BCUT2D eigenvalue weighted by Crippen LogP contribution is 2.38. The van der Waals surface area contributed by atoms with E-state index in [0.29, 0.717) is 11.3 Å². The van der Waals surface area contributed by atoms with E-state index in [1.54, 1.807) is 33.8 Å². The predicted molar refractivity (Wildman–Crippen MR) is 97.6 cm³/mol. The van der Waals surface area contributed by atoms with Crippen LogP contribution in [0.15, 0.2) is 47.3 Å². The van der Waals surface area contributed by atoms with Crippen LogP contribution >= 0.6 is 0 Å². The highest BCUT2D eigenvalue weighted by molar-refractivity contribution is 5.99. The summed E-state index contributed by atoms with van der Waals surface area (Å²) < 4.78 is 10.4. The minimum absolute atomic E-state index is 0.136. The summed E-state index contributed by atoms with van der Waals surface area (Å²) in [5.74, 6) is -2.04. The zero-order valence-corrected chi connectivity index (χ0v) is 15.6. The molecule has 144 valence electrons. The Bertz CT molecular complexity index is 825. The van der Waals surface area contributed by atoms with Crippen molar-refractivity contribution in [1.29, 1.82) is 0 Å². The average Bonchev–Trinajstić information content (AvgIpc) is 2.60. The van der Waals surface area contributed by atoms with Crippen LogP contribution in [0.3, 0.4) is 0 Å². The van der Waals surface area contributed by atoms with Crippen LogP contribution in [0.4, 0.5) is 5.69 Å². The number of nitro groups is 1. The van der Waals surface area contributed by atoms with Gasteiger partial charge in [-0.25, -0.2) is 9.59 Å². The molecule has 0 aliphatic carbocycles. The number of hydrogen-bond donors (Lipinski definition) is 1. The minimum atomic E-state index is -0.837. The van der Waals surface area contributed by atoms with E-state index >= 15 is 0 Å². The number of benzene rings is 1. The van der Waals surface area contributed by atoms with Crippen molar-refractivity contribution in [2.75, 3.05) is 6.61 Å². The topological polar surface area (TPSA) is 108 Å². The Morgan fingerprint density at radius 1 is 1.30 bits per heavy atom. The molecule has 8 nitrogen and oxygen atoms in total. The predicted octanol–water partition coefficient (Wildman–Crippen LogP) is 2.95. The Labute approximate surface area is 157 Å². The zero-order chi connectivity index (χ0) is 20.1. The molecule has 27 heavy (non-hydrogen) atoms. The molecule has 0 aromatic heterocycles. The van der Waals surface area contributed by atoms with Gasteiger partial charge in [-0.05, 0) is 33.3 Å². The molecule has 0 spiro atoms. The third kappa shape index (κ3) is 4.52. The number of allylic oxidation sites excluding steroid dienone is 1. The van der Waals surface area contributed by atoms with Crippen molar-refractivity contribution in [3.63, 3.8) is 0 Å². The van der Waals surface area contributed by atoms with Crippen LogP contribution < -0.4 is 5.32 Å². The molecule has 0 bridgehead atoms. The second kappa shape index (κ2) is 8.48. The van der Waals surface area contributed by atoms with E-state index in [4.69, 9.17) is 9.47 Å². The lowest BCUT2D eigenvalue weighted by molar-refractivity contribution is -0.384. The Hall–Kier alpha value is -3.16. The van der Waals surface area contributed by atoms with Crippen molar-refractivity contribution < 1.29 is 24.0 Å². The molecule has 1 aliphatic heterocycles. The third-order valence-corrected chi connectivity index (χ3v) is 3.94. The second-order valence-corrected chi connectivity index (χ2v) is 6.24. The van der Waals surface area contributed by atoms with Gasteiger partial charge in [-0.1, -0.05) is 12.1 Å². The number of carbonyl (C=O) groups is 2. The van der Waals surface area contributed by atoms with Gasteiger partial charge in [-0.3, -0.25) is 10.1 Å². The molecule has 1 N–H and O–H groups in total. The first-order valence-electron chi connectivity index (χ1n) is 8.56. The minimum Gasteiger partial charge on any atom is -0.463 e. The fraction of sp³-hybridized carbons (Fsp3) is 0.368. The maximum absolute atomic E-state index is 12.6. The van der Waals surface area contributed by atoms with Gasteiger partial charge in [0.15, 0.2) is 0 Å². The number of nitrogens with zero attached hydrogens (tertiary/aromatic N) is 1. The van der Waals surface area contributed by atoms with Crippen molar-refractivity contribution in [1.82, 2.24) is 5.32 Å². The van der Waals surface area contributed by atoms with Gasteiger partial charge in [0.2, 0.25) is 0 Å². The molecule has 0 amide bonds. The van der Waals surface area contributed by atoms with Crippen LogP contribution in [0.1, 0.15) is 39.2 Å². The number of nitrogens with one attached hydrogen (secondary N) is 1. The fourth-order valence-corrected chi connectivity index (χ4v) is 2.82. The van der Waals surface area contributed by atoms with Crippen LogP contribution in [-0.2, 0) is 19.1 Å². The van der Waals surface area contributed by atoms with Gasteiger partial charge in [0.25, 0.3) is 5.69 Å². The van der Waals surface area contributed by atoms with Crippen molar-refractivity contribution in [3.8, 4) is 0 Å². The lowest BCUT2D eigenvalue weighted by atomic mass is 9.82. The first-order chi connectivity index (χ1) is 12.8. The summed E-state index contributed by atoms with van der Waals surface area (Å²) in [6, 6.07) is 5.84. The number of carbonyl (C=O) groups excluding carboxylic acids is 2. The van der Waals surface area contributed by atoms with Crippen molar-refractivity contribution in [2.45, 2.75) is 39.7 Å². The summed E-state index contributed by atoms with van der Waals surface area (Å²) in [4.78, 5) is 35.8. The molecule has 1 aliphatic rings. The summed E-state index contributed by atoms with van der Waals surface area (Å²) in [6.45, 7) is 6.94. The van der Waals surface area contributed by atoms with Gasteiger partial charge in [0.1, 0.15) is 0 Å². The molecule has 1 unspecified atom stereocenters. The van der Waals surface area contributed by atoms with E-state index in [1.807, 2.05) is 0 Å². The molecule has 8 heteroatoms. The number of ether oxygens (including phenoxy) is 2. The maximum atomic E-state index is 12.6. The Morgan fingerprint density at radius 3 is 2.59 bits per heavy atom. The van der Waals surface area contributed by atoms with Crippen LogP contribution in [0.5, 0.6) is 0 Å². The van der Waals surface area contributed by atoms with Crippen LogP contribution in [-0.4, -0.2) is 29.6 Å². The SMILES string of the molecule is CCOC(=O)C1=C(C)NC=C(C(=O)OC(C)C)C1c1cccc([N+](=O)[O-])c1. The first-order valence-corrected chi connectivity index (χ1v) is 8.56. The van der Waals surface area contributed by atoms with Crippen molar-refractivity contribution in [2.24, 2.45) is 0 Å². The summed E-state index contributed by atoms with van der Waals surface area (Å²) in [5, 5.41) is 14.1. The normalized spacial score (nSPS) is 16.5. The van der Waals surface area contributed by atoms with E-state index in [9.17, 15) is 19.7 Å². The van der Waals surface area contributed by atoms with Gasteiger partial charge < -0.3 is 14.8 Å². The van der Waals surface area contributed by atoms with Crippen molar-refractivity contribution >= 4 is 17.6 Å². The molecular weight excluding hydrogens is 352 g/mol. The average molecular weight is 374 g/mol. The van der Waals surface area contributed by atoms with Gasteiger partial charge in [0.05, 0.1) is 34.7 Å². The number of nitro benzene ring substituents is 1. The summed E-state index contributed by atoms with van der Waals surface area (Å²) in [6.07, 6.45) is 1.11. The maximum Gasteiger partial charge on any atom is 0.336 e. The summed E-state index contributed by atoms with van der Waals surface area (Å²) in [5.41, 5.74) is 1.20. The Morgan fingerprint density at radius 2 is 2.00 bits per heavy atom. The molecule has 0 radical (unpaired) electrons. The van der Waals surface area contributed by atoms with E-state index < -0.39 is 22.8 Å². The van der Waals surface area contributed by atoms with Crippen LogP contribution in [0.2, 0.25) is 0 Å². The molecule has 1 aromatic rings. The van der Waals surface area contributed by atoms with Gasteiger partial charge >= 0.3 is 11.9 Å². The fourth-order valence-electron chi connectivity index (χ4n) is 2.82. The second-order valence-electron chi connectivity index (χ2n) is 6.24.